The summed E-state index contributed by atoms with van der Waals surface area (Å²) in [6, 6.07) is 17.3. The van der Waals surface area contributed by atoms with E-state index in [0.717, 1.165) is 23.1 Å². The van der Waals surface area contributed by atoms with Gasteiger partial charge in [-0.25, -0.2) is 4.79 Å². The second-order valence-electron chi connectivity index (χ2n) is 8.97. The van der Waals surface area contributed by atoms with E-state index in [1.165, 1.54) is 30.2 Å². The number of nitrogens with one attached hydrogen (secondary N) is 1. The molecule has 0 spiro atoms. The number of hydrogen-bond donors (Lipinski definition) is 2. The molecule has 0 atom stereocenters. The molecule has 4 rings (SSSR count). The Morgan fingerprint density at radius 1 is 1.07 bits per heavy atom. The van der Waals surface area contributed by atoms with E-state index in [1.807, 2.05) is 19.1 Å². The van der Waals surface area contributed by atoms with E-state index < -0.39 is 17.8 Å². The van der Waals surface area contributed by atoms with Gasteiger partial charge in [-0.05, 0) is 84.2 Å². The zero-order valence-corrected chi connectivity index (χ0v) is 22.9. The van der Waals surface area contributed by atoms with Crippen molar-refractivity contribution in [2.24, 2.45) is 0 Å². The maximum atomic E-state index is 13.5. The van der Waals surface area contributed by atoms with Gasteiger partial charge in [-0.1, -0.05) is 37.3 Å². The van der Waals surface area contributed by atoms with Gasteiger partial charge in [0.25, 0.3) is 11.8 Å². The van der Waals surface area contributed by atoms with Gasteiger partial charge in [0.2, 0.25) is 0 Å². The Labute approximate surface area is 237 Å². The molecule has 0 unspecified atom stereocenters. The largest absolute Gasteiger partial charge is 0.493 e. The summed E-state index contributed by atoms with van der Waals surface area (Å²) in [6.07, 6.45) is 4.49. The minimum atomic E-state index is -1.00. The Morgan fingerprint density at radius 3 is 2.35 bits per heavy atom. The monoisotopic (exact) mass is 556 g/mol. The highest BCUT2D eigenvalue weighted by Crippen LogP contribution is 2.35. The van der Waals surface area contributed by atoms with Crippen LogP contribution in [0.3, 0.4) is 0 Å². The van der Waals surface area contributed by atoms with Crippen molar-refractivity contribution >= 4 is 46.9 Å². The van der Waals surface area contributed by atoms with Crippen LogP contribution in [0.2, 0.25) is 0 Å². The van der Waals surface area contributed by atoms with Gasteiger partial charge in [-0.2, -0.15) is 0 Å². The average Bonchev–Trinajstić information content (AvgIpc) is 2.95. The maximum absolute atomic E-state index is 13.5. The average molecular weight is 557 g/mol. The standard InChI is InChI=1S/C31H28N2O6S/c1-4-6-23-15-21(17-26(38-3)27(23)39-18-20-7-11-22(12-8-20)30(36)37)16-25-28(34)32-31(40)33(29(25)35)24-13-9-19(5-2)10-14-24/h4,7-17H,1,5-6,18H2,2-3H3,(H,36,37)(H,32,34,40)/b25-16+. The number of methoxy groups -OCH3 is 1. The first-order chi connectivity index (χ1) is 19.2. The molecule has 40 heavy (non-hydrogen) atoms. The number of thiocarbonyl (C=S) groups is 1. The molecule has 0 bridgehead atoms. The van der Waals surface area contributed by atoms with Crippen LogP contribution in [-0.2, 0) is 29.0 Å². The molecular formula is C31H28N2O6S. The smallest absolute Gasteiger partial charge is 0.335 e. The first-order valence-corrected chi connectivity index (χ1v) is 12.9. The van der Waals surface area contributed by atoms with E-state index in [4.69, 9.17) is 26.8 Å². The topological polar surface area (TPSA) is 105 Å². The molecule has 1 saturated heterocycles. The second-order valence-corrected chi connectivity index (χ2v) is 9.36. The van der Waals surface area contributed by atoms with Crippen molar-refractivity contribution in [3.05, 3.63) is 107 Å². The molecule has 3 aromatic carbocycles. The summed E-state index contributed by atoms with van der Waals surface area (Å²) in [6.45, 7) is 6.03. The van der Waals surface area contributed by atoms with Crippen LogP contribution in [0.4, 0.5) is 5.69 Å². The van der Waals surface area contributed by atoms with Gasteiger partial charge in [-0.15, -0.1) is 6.58 Å². The molecular weight excluding hydrogens is 528 g/mol. The number of carboxylic acid groups (broad SMARTS) is 1. The third-order valence-corrected chi connectivity index (χ3v) is 6.62. The molecule has 8 nitrogen and oxygen atoms in total. The predicted octanol–water partition coefficient (Wildman–Crippen LogP) is 5.09. The van der Waals surface area contributed by atoms with E-state index >= 15 is 0 Å². The Kier molecular flexibility index (Phi) is 8.76. The second kappa shape index (κ2) is 12.4. The van der Waals surface area contributed by atoms with Crippen molar-refractivity contribution in [2.75, 3.05) is 12.0 Å². The summed E-state index contributed by atoms with van der Waals surface area (Å²) in [7, 11) is 1.50. The number of aryl methyl sites for hydroxylation is 1. The quantitative estimate of drug-likeness (QED) is 0.155. The highest BCUT2D eigenvalue weighted by atomic mass is 32.1. The Morgan fingerprint density at radius 2 is 1.75 bits per heavy atom. The number of aromatic carboxylic acids is 1. The predicted molar refractivity (Wildman–Crippen MR) is 157 cm³/mol. The molecule has 1 aliphatic heterocycles. The van der Waals surface area contributed by atoms with E-state index in [-0.39, 0.29) is 22.9 Å². The zero-order valence-electron chi connectivity index (χ0n) is 22.1. The van der Waals surface area contributed by atoms with Gasteiger partial charge < -0.3 is 14.6 Å². The number of rotatable bonds is 10. The number of amides is 2. The number of carbonyl (C=O) groups excluding carboxylic acids is 2. The van der Waals surface area contributed by atoms with Crippen molar-refractivity contribution in [1.82, 2.24) is 5.32 Å². The summed E-state index contributed by atoms with van der Waals surface area (Å²) in [4.78, 5) is 38.7. The van der Waals surface area contributed by atoms with Gasteiger partial charge >= 0.3 is 5.97 Å². The van der Waals surface area contributed by atoms with Crippen molar-refractivity contribution < 1.29 is 29.0 Å². The number of benzene rings is 3. The maximum Gasteiger partial charge on any atom is 0.335 e. The van der Waals surface area contributed by atoms with Crippen LogP contribution in [0, 0.1) is 0 Å². The molecule has 2 N–H and O–H groups in total. The zero-order chi connectivity index (χ0) is 28.8. The molecule has 3 aromatic rings. The molecule has 9 heteroatoms. The SMILES string of the molecule is C=CCc1cc(/C=C2\C(=O)NC(=S)N(c3ccc(CC)cc3)C2=O)cc(OC)c1OCc1ccc(C(=O)O)cc1. The Hall–Kier alpha value is -4.76. The van der Waals surface area contributed by atoms with Crippen molar-refractivity contribution in [3.8, 4) is 11.5 Å². The van der Waals surface area contributed by atoms with Gasteiger partial charge in [0.15, 0.2) is 16.6 Å². The summed E-state index contributed by atoms with van der Waals surface area (Å²) in [5, 5.41) is 11.7. The first kappa shape index (κ1) is 28.3. The number of allylic oxidation sites excluding steroid dienone is 1. The van der Waals surface area contributed by atoms with E-state index in [2.05, 4.69) is 11.9 Å². The minimum Gasteiger partial charge on any atom is -0.493 e. The van der Waals surface area contributed by atoms with Gasteiger partial charge in [0.05, 0.1) is 18.4 Å². The fourth-order valence-corrected chi connectivity index (χ4v) is 4.51. The lowest BCUT2D eigenvalue weighted by Gasteiger charge is -2.29. The van der Waals surface area contributed by atoms with E-state index in [9.17, 15) is 14.4 Å². The lowest BCUT2D eigenvalue weighted by Crippen LogP contribution is -2.54. The van der Waals surface area contributed by atoms with Crippen LogP contribution >= 0.6 is 12.2 Å². The van der Waals surface area contributed by atoms with Crippen molar-refractivity contribution in [3.63, 3.8) is 0 Å². The number of hydrogen-bond acceptors (Lipinski definition) is 6. The number of carboxylic acids is 1. The van der Waals surface area contributed by atoms with Gasteiger partial charge in [0.1, 0.15) is 12.2 Å². The summed E-state index contributed by atoms with van der Waals surface area (Å²) >= 11 is 5.31. The molecule has 0 aliphatic carbocycles. The molecule has 0 saturated carbocycles. The highest BCUT2D eigenvalue weighted by Gasteiger charge is 2.34. The number of carbonyl (C=O) groups is 3. The molecule has 204 valence electrons. The normalized spacial score (nSPS) is 14.2. The fourth-order valence-electron chi connectivity index (χ4n) is 4.23. The molecule has 1 aliphatic rings. The summed E-state index contributed by atoms with van der Waals surface area (Å²) in [5.41, 5.74) is 3.84. The van der Waals surface area contributed by atoms with Crippen molar-refractivity contribution in [1.29, 1.82) is 0 Å². The Bertz CT molecular complexity index is 1510. The number of nitrogens with zero attached hydrogens (tertiary/aromatic N) is 1. The van der Waals surface area contributed by atoms with Gasteiger partial charge in [-0.3, -0.25) is 19.8 Å². The van der Waals surface area contributed by atoms with Gasteiger partial charge in [0, 0.05) is 5.56 Å². The number of ether oxygens (including phenoxy) is 2. The van der Waals surface area contributed by atoms with E-state index in [0.29, 0.717) is 29.2 Å². The molecule has 1 heterocycles. The van der Waals surface area contributed by atoms with Crippen LogP contribution < -0.4 is 19.7 Å². The van der Waals surface area contributed by atoms with Crippen LogP contribution in [0.15, 0.2) is 78.9 Å². The van der Waals surface area contributed by atoms with E-state index in [1.54, 1.807) is 42.5 Å². The third kappa shape index (κ3) is 6.10. The summed E-state index contributed by atoms with van der Waals surface area (Å²) < 4.78 is 11.7. The lowest BCUT2D eigenvalue weighted by molar-refractivity contribution is -0.122. The van der Waals surface area contributed by atoms with Crippen LogP contribution in [0.5, 0.6) is 11.5 Å². The molecule has 0 radical (unpaired) electrons. The lowest BCUT2D eigenvalue weighted by atomic mass is 10.0. The van der Waals surface area contributed by atoms with Crippen molar-refractivity contribution in [2.45, 2.75) is 26.4 Å². The van der Waals surface area contributed by atoms with Crippen LogP contribution in [-0.4, -0.2) is 35.1 Å². The minimum absolute atomic E-state index is 0.0152. The summed E-state index contributed by atoms with van der Waals surface area (Å²) in [5.74, 6) is -1.25. The van der Waals surface area contributed by atoms with Crippen LogP contribution in [0.1, 0.15) is 39.5 Å². The fraction of sp³-hybridized carbons (Fsp3) is 0.161. The molecule has 1 fully saturated rings. The third-order valence-electron chi connectivity index (χ3n) is 6.34. The molecule has 0 aromatic heterocycles. The number of anilines is 1. The highest BCUT2D eigenvalue weighted by molar-refractivity contribution is 7.80. The Balaban J connectivity index is 1.66. The van der Waals surface area contributed by atoms with Crippen LogP contribution in [0.25, 0.3) is 6.08 Å². The molecule has 2 amide bonds. The first-order valence-electron chi connectivity index (χ1n) is 12.5.